The highest BCUT2D eigenvalue weighted by molar-refractivity contribution is 9.09. The Morgan fingerprint density at radius 2 is 1.57 bits per heavy atom. The first-order valence-corrected chi connectivity index (χ1v) is 8.80. The van der Waals surface area contributed by atoms with Gasteiger partial charge in [-0.05, 0) is 38.5 Å². The Kier molecular flexibility index (Phi) is 5.97. The van der Waals surface area contributed by atoms with Crippen LogP contribution < -0.4 is 5.32 Å². The molecule has 1 N–H and O–H groups in total. The van der Waals surface area contributed by atoms with Crippen LogP contribution in [0.1, 0.15) is 57.8 Å². The third-order valence-electron chi connectivity index (χ3n) is 4.82. The molecule has 1 amide bonds. The van der Waals surface area contributed by atoms with Crippen molar-refractivity contribution >= 4 is 21.8 Å². The van der Waals surface area contributed by atoms with Gasteiger partial charge in [0, 0.05) is 16.8 Å². The van der Waals surface area contributed by atoms with Crippen LogP contribution in [0.2, 0.25) is 0 Å². The second kappa shape index (κ2) is 7.34. The lowest BCUT2D eigenvalue weighted by Crippen LogP contribution is -2.44. The standard InChI is InChI=1S/C15H23BrF3NO/c16-12-4-2-1-3-5-13(12)20-14(21)10-6-8-11(9-7-10)15(17,18)19/h10-13H,1-9H2,(H,20,21). The van der Waals surface area contributed by atoms with Crippen LogP contribution in [0.15, 0.2) is 0 Å². The van der Waals surface area contributed by atoms with Crippen LogP contribution >= 0.6 is 15.9 Å². The van der Waals surface area contributed by atoms with Crippen molar-refractivity contribution in [1.82, 2.24) is 5.32 Å². The molecule has 122 valence electrons. The smallest absolute Gasteiger partial charge is 0.352 e. The first kappa shape index (κ1) is 17.1. The van der Waals surface area contributed by atoms with Gasteiger partial charge < -0.3 is 5.32 Å². The van der Waals surface area contributed by atoms with Crippen molar-refractivity contribution in [1.29, 1.82) is 0 Å². The van der Waals surface area contributed by atoms with Crippen LogP contribution in [0.5, 0.6) is 0 Å². The van der Waals surface area contributed by atoms with Crippen molar-refractivity contribution in [2.75, 3.05) is 0 Å². The predicted molar refractivity (Wildman–Crippen MR) is 79.2 cm³/mol. The summed E-state index contributed by atoms with van der Waals surface area (Å²) in [6.45, 7) is 0. The summed E-state index contributed by atoms with van der Waals surface area (Å²) in [4.78, 5) is 12.6. The molecule has 0 aromatic rings. The highest BCUT2D eigenvalue weighted by atomic mass is 79.9. The molecular weight excluding hydrogens is 347 g/mol. The number of carbonyl (C=O) groups excluding carboxylic acids is 1. The summed E-state index contributed by atoms with van der Waals surface area (Å²) in [6, 6.07) is 0.125. The van der Waals surface area contributed by atoms with Crippen LogP contribution in [-0.2, 0) is 4.79 Å². The van der Waals surface area contributed by atoms with Crippen molar-refractivity contribution in [3.63, 3.8) is 0 Å². The highest BCUT2D eigenvalue weighted by Gasteiger charge is 2.42. The quantitative estimate of drug-likeness (QED) is 0.560. The zero-order valence-electron chi connectivity index (χ0n) is 12.1. The fourth-order valence-electron chi connectivity index (χ4n) is 3.41. The molecule has 2 aliphatic rings. The Hall–Kier alpha value is -0.260. The van der Waals surface area contributed by atoms with Crippen molar-refractivity contribution in [3.8, 4) is 0 Å². The summed E-state index contributed by atoms with van der Waals surface area (Å²) < 4.78 is 37.9. The predicted octanol–water partition coefficient (Wildman–Crippen LogP) is 4.57. The number of hydrogen-bond donors (Lipinski definition) is 1. The molecule has 2 aliphatic carbocycles. The topological polar surface area (TPSA) is 29.1 Å². The van der Waals surface area contributed by atoms with Gasteiger partial charge in [-0.1, -0.05) is 35.2 Å². The van der Waals surface area contributed by atoms with Gasteiger partial charge >= 0.3 is 6.18 Å². The van der Waals surface area contributed by atoms with E-state index in [1.807, 2.05) is 0 Å². The lowest BCUT2D eigenvalue weighted by Gasteiger charge is -2.31. The van der Waals surface area contributed by atoms with Crippen LogP contribution in [0.4, 0.5) is 13.2 Å². The SMILES string of the molecule is O=C(NC1CCCCCC1Br)C1CCC(C(F)(F)F)CC1. The van der Waals surface area contributed by atoms with Crippen LogP contribution in [0.3, 0.4) is 0 Å². The molecule has 0 aliphatic heterocycles. The Bertz CT molecular complexity index is 353. The molecule has 2 rings (SSSR count). The molecule has 0 radical (unpaired) electrons. The van der Waals surface area contributed by atoms with Gasteiger partial charge in [0.05, 0.1) is 5.92 Å². The number of nitrogens with one attached hydrogen (secondary N) is 1. The average molecular weight is 370 g/mol. The number of amides is 1. The van der Waals surface area contributed by atoms with Crippen molar-refractivity contribution in [3.05, 3.63) is 0 Å². The zero-order valence-corrected chi connectivity index (χ0v) is 13.7. The van der Waals surface area contributed by atoms with Gasteiger partial charge in [-0.3, -0.25) is 4.79 Å². The largest absolute Gasteiger partial charge is 0.391 e. The average Bonchev–Trinajstić information content (AvgIpc) is 2.63. The molecular formula is C15H23BrF3NO. The summed E-state index contributed by atoms with van der Waals surface area (Å²) >= 11 is 3.63. The minimum Gasteiger partial charge on any atom is -0.352 e. The van der Waals surface area contributed by atoms with E-state index in [2.05, 4.69) is 21.2 Å². The van der Waals surface area contributed by atoms with Crippen LogP contribution in [-0.4, -0.2) is 23.0 Å². The lowest BCUT2D eigenvalue weighted by molar-refractivity contribution is -0.184. The summed E-state index contributed by atoms with van der Waals surface area (Å²) in [5.41, 5.74) is 0. The highest BCUT2D eigenvalue weighted by Crippen LogP contribution is 2.39. The number of alkyl halides is 4. The van der Waals surface area contributed by atoms with Gasteiger partial charge in [0.25, 0.3) is 0 Å². The summed E-state index contributed by atoms with van der Waals surface area (Å²) in [5.74, 6) is -1.51. The summed E-state index contributed by atoms with van der Waals surface area (Å²) in [5, 5.41) is 3.06. The molecule has 21 heavy (non-hydrogen) atoms. The number of rotatable bonds is 2. The van der Waals surface area contributed by atoms with Gasteiger partial charge in [0.1, 0.15) is 0 Å². The van der Waals surface area contributed by atoms with E-state index in [1.54, 1.807) is 0 Å². The van der Waals surface area contributed by atoms with Crippen LogP contribution in [0, 0.1) is 11.8 Å². The van der Waals surface area contributed by atoms with E-state index in [-0.39, 0.29) is 35.5 Å². The first-order chi connectivity index (χ1) is 9.88. The van der Waals surface area contributed by atoms with E-state index in [0.29, 0.717) is 12.8 Å². The van der Waals surface area contributed by atoms with Crippen molar-refractivity contribution in [2.24, 2.45) is 11.8 Å². The second-order valence-electron chi connectivity index (χ2n) is 6.36. The Morgan fingerprint density at radius 1 is 0.952 bits per heavy atom. The minimum atomic E-state index is -4.11. The van der Waals surface area contributed by atoms with Crippen molar-refractivity contribution in [2.45, 2.75) is 74.8 Å². The molecule has 0 spiro atoms. The molecule has 0 aromatic heterocycles. The first-order valence-electron chi connectivity index (χ1n) is 7.89. The zero-order chi connectivity index (χ0) is 15.5. The van der Waals surface area contributed by atoms with Gasteiger partial charge in [-0.2, -0.15) is 13.2 Å². The lowest BCUT2D eigenvalue weighted by atomic mass is 9.81. The number of carbonyl (C=O) groups is 1. The Balaban J connectivity index is 1.81. The monoisotopic (exact) mass is 369 g/mol. The van der Waals surface area contributed by atoms with Gasteiger partial charge in [-0.25, -0.2) is 0 Å². The summed E-state index contributed by atoms with van der Waals surface area (Å²) in [7, 11) is 0. The van der Waals surface area contributed by atoms with E-state index in [0.717, 1.165) is 19.3 Å². The molecule has 2 atom stereocenters. The molecule has 2 nitrogen and oxygen atoms in total. The van der Waals surface area contributed by atoms with E-state index >= 15 is 0 Å². The van der Waals surface area contributed by atoms with E-state index in [1.165, 1.54) is 12.8 Å². The van der Waals surface area contributed by atoms with E-state index in [4.69, 9.17) is 0 Å². The maximum Gasteiger partial charge on any atom is 0.391 e. The minimum absolute atomic E-state index is 0.0491. The number of hydrogen-bond acceptors (Lipinski definition) is 1. The third-order valence-corrected chi connectivity index (χ3v) is 5.92. The van der Waals surface area contributed by atoms with Gasteiger partial charge in [0.15, 0.2) is 0 Å². The molecule has 6 heteroatoms. The summed E-state index contributed by atoms with van der Waals surface area (Å²) in [6.07, 6.45) is 2.24. The molecule has 2 fully saturated rings. The molecule has 2 saturated carbocycles. The second-order valence-corrected chi connectivity index (χ2v) is 7.54. The van der Waals surface area contributed by atoms with E-state index < -0.39 is 12.1 Å². The van der Waals surface area contributed by atoms with Gasteiger partial charge in [-0.15, -0.1) is 0 Å². The Labute approximate surface area is 132 Å². The maximum absolute atomic E-state index is 12.6. The molecule has 0 bridgehead atoms. The van der Waals surface area contributed by atoms with Gasteiger partial charge in [0.2, 0.25) is 5.91 Å². The van der Waals surface area contributed by atoms with Crippen molar-refractivity contribution < 1.29 is 18.0 Å². The fraction of sp³-hybridized carbons (Fsp3) is 0.933. The third kappa shape index (κ3) is 4.86. The fourth-order valence-corrected chi connectivity index (χ4v) is 4.13. The maximum atomic E-state index is 12.6. The van der Waals surface area contributed by atoms with Crippen LogP contribution in [0.25, 0.3) is 0 Å². The Morgan fingerprint density at radius 3 is 2.19 bits per heavy atom. The normalized spacial score (nSPS) is 35.0. The molecule has 0 aromatic carbocycles. The number of halogens is 4. The molecule has 2 unspecified atom stereocenters. The molecule has 0 saturated heterocycles. The molecule has 0 heterocycles. The van der Waals surface area contributed by atoms with E-state index in [9.17, 15) is 18.0 Å².